The van der Waals surface area contributed by atoms with E-state index < -0.39 is 0 Å². The second kappa shape index (κ2) is 6.80. The third-order valence-corrected chi connectivity index (χ3v) is 4.38. The molecular weight excluding hydrogens is 328 g/mol. The first kappa shape index (κ1) is 16.0. The van der Waals surface area contributed by atoms with Crippen LogP contribution in [0.25, 0.3) is 5.69 Å². The van der Waals surface area contributed by atoms with Crippen molar-refractivity contribution in [3.63, 3.8) is 0 Å². The molecule has 0 unspecified atom stereocenters. The first-order chi connectivity index (χ1) is 12.7. The fraction of sp³-hybridized carbons (Fsp3) is 0.278. The minimum absolute atomic E-state index is 0.343. The van der Waals surface area contributed by atoms with Gasteiger partial charge in [0.2, 0.25) is 11.6 Å². The van der Waals surface area contributed by atoms with Crippen LogP contribution in [0.1, 0.15) is 11.3 Å². The standard InChI is InChI=1S/C18H18N8/c1-14-3-5-15(6-4-14)26-22-16(13-19)17(23-26)24-9-11-25(12-10-24)18-20-7-2-8-21-18/h2-8H,9-12H2,1H3. The topological polar surface area (TPSA) is 86.8 Å². The zero-order valence-electron chi connectivity index (χ0n) is 14.4. The summed E-state index contributed by atoms with van der Waals surface area (Å²) in [6.07, 6.45) is 3.49. The summed E-state index contributed by atoms with van der Waals surface area (Å²) < 4.78 is 0. The number of benzene rings is 1. The number of piperazine rings is 1. The first-order valence-corrected chi connectivity index (χ1v) is 8.46. The fourth-order valence-electron chi connectivity index (χ4n) is 2.95. The Bertz CT molecular complexity index is 918. The molecule has 130 valence electrons. The van der Waals surface area contributed by atoms with E-state index in [0.29, 0.717) is 11.5 Å². The quantitative estimate of drug-likeness (QED) is 0.711. The normalized spacial score (nSPS) is 14.3. The second-order valence-corrected chi connectivity index (χ2v) is 6.13. The molecule has 1 fully saturated rings. The Morgan fingerprint density at radius 2 is 1.58 bits per heavy atom. The lowest BCUT2D eigenvalue weighted by atomic mass is 10.2. The maximum atomic E-state index is 9.46. The summed E-state index contributed by atoms with van der Waals surface area (Å²) in [6.45, 7) is 5.04. The lowest BCUT2D eigenvalue weighted by Gasteiger charge is -2.34. The summed E-state index contributed by atoms with van der Waals surface area (Å²) in [5.74, 6) is 1.36. The van der Waals surface area contributed by atoms with Gasteiger partial charge in [0.25, 0.3) is 0 Å². The molecular formula is C18H18N8. The SMILES string of the molecule is Cc1ccc(-n2nc(C#N)c(N3CCN(c4ncccn4)CC3)n2)cc1. The van der Waals surface area contributed by atoms with Crippen molar-refractivity contribution in [3.8, 4) is 11.8 Å². The molecule has 26 heavy (non-hydrogen) atoms. The zero-order valence-corrected chi connectivity index (χ0v) is 14.4. The van der Waals surface area contributed by atoms with Gasteiger partial charge in [-0.25, -0.2) is 9.97 Å². The summed E-state index contributed by atoms with van der Waals surface area (Å²) in [5.41, 5.74) is 2.35. The number of nitrogens with zero attached hydrogens (tertiary/aromatic N) is 8. The Balaban J connectivity index is 1.53. The Morgan fingerprint density at radius 1 is 0.923 bits per heavy atom. The van der Waals surface area contributed by atoms with Crippen molar-refractivity contribution < 1.29 is 0 Å². The number of aromatic nitrogens is 5. The van der Waals surface area contributed by atoms with Crippen LogP contribution in [-0.4, -0.2) is 51.1 Å². The zero-order chi connectivity index (χ0) is 17.9. The van der Waals surface area contributed by atoms with Gasteiger partial charge in [-0.1, -0.05) is 17.7 Å². The van der Waals surface area contributed by atoms with E-state index in [9.17, 15) is 5.26 Å². The number of anilines is 2. The van der Waals surface area contributed by atoms with E-state index in [1.54, 1.807) is 12.4 Å². The van der Waals surface area contributed by atoms with Crippen molar-refractivity contribution in [2.45, 2.75) is 6.92 Å². The lowest BCUT2D eigenvalue weighted by Crippen LogP contribution is -2.47. The molecule has 0 spiro atoms. The molecule has 0 N–H and O–H groups in total. The van der Waals surface area contributed by atoms with Gasteiger partial charge >= 0.3 is 0 Å². The molecule has 0 saturated carbocycles. The third kappa shape index (κ3) is 3.07. The molecule has 0 radical (unpaired) electrons. The van der Waals surface area contributed by atoms with E-state index in [4.69, 9.17) is 0 Å². The van der Waals surface area contributed by atoms with E-state index in [1.807, 2.05) is 37.3 Å². The van der Waals surface area contributed by atoms with Gasteiger partial charge in [-0.05, 0) is 25.1 Å². The molecule has 0 amide bonds. The molecule has 1 aromatic carbocycles. The molecule has 1 aliphatic heterocycles. The van der Waals surface area contributed by atoms with Gasteiger partial charge in [0.1, 0.15) is 6.07 Å². The number of aryl methyl sites for hydroxylation is 1. The van der Waals surface area contributed by atoms with Gasteiger partial charge in [0, 0.05) is 38.6 Å². The van der Waals surface area contributed by atoms with Crippen LogP contribution in [-0.2, 0) is 0 Å². The Labute approximate surface area is 151 Å². The monoisotopic (exact) mass is 346 g/mol. The molecule has 8 nitrogen and oxygen atoms in total. The Hall–Kier alpha value is -3.47. The fourth-order valence-corrected chi connectivity index (χ4v) is 2.95. The van der Waals surface area contributed by atoms with Gasteiger partial charge in [-0.3, -0.25) is 0 Å². The molecule has 2 aromatic heterocycles. The van der Waals surface area contributed by atoms with Crippen molar-refractivity contribution in [3.05, 3.63) is 54.0 Å². The van der Waals surface area contributed by atoms with Crippen LogP contribution in [0.4, 0.5) is 11.8 Å². The molecule has 1 aliphatic rings. The van der Waals surface area contributed by atoms with Crippen molar-refractivity contribution in [1.82, 2.24) is 25.0 Å². The highest BCUT2D eigenvalue weighted by Crippen LogP contribution is 2.20. The number of nitriles is 1. The molecule has 8 heteroatoms. The van der Waals surface area contributed by atoms with Gasteiger partial charge in [-0.15, -0.1) is 15.0 Å². The maximum Gasteiger partial charge on any atom is 0.225 e. The van der Waals surface area contributed by atoms with Crippen LogP contribution in [0.15, 0.2) is 42.7 Å². The third-order valence-electron chi connectivity index (χ3n) is 4.38. The Morgan fingerprint density at radius 3 is 2.23 bits per heavy atom. The van der Waals surface area contributed by atoms with E-state index in [2.05, 4.69) is 36.0 Å². The highest BCUT2D eigenvalue weighted by atomic mass is 15.5. The van der Waals surface area contributed by atoms with E-state index in [1.165, 1.54) is 10.4 Å². The van der Waals surface area contributed by atoms with E-state index >= 15 is 0 Å². The van der Waals surface area contributed by atoms with E-state index in [0.717, 1.165) is 37.8 Å². The number of rotatable bonds is 3. The molecule has 1 saturated heterocycles. The summed E-state index contributed by atoms with van der Waals surface area (Å²) >= 11 is 0. The van der Waals surface area contributed by atoms with Crippen LogP contribution in [0.5, 0.6) is 0 Å². The molecule has 0 bridgehead atoms. The second-order valence-electron chi connectivity index (χ2n) is 6.13. The lowest BCUT2D eigenvalue weighted by molar-refractivity contribution is 0.629. The number of hydrogen-bond acceptors (Lipinski definition) is 7. The largest absolute Gasteiger partial charge is 0.349 e. The number of hydrogen-bond donors (Lipinski definition) is 0. The minimum Gasteiger partial charge on any atom is -0.349 e. The minimum atomic E-state index is 0.343. The van der Waals surface area contributed by atoms with Crippen LogP contribution < -0.4 is 9.80 Å². The highest BCUT2D eigenvalue weighted by Gasteiger charge is 2.24. The molecule has 3 heterocycles. The van der Waals surface area contributed by atoms with Gasteiger partial charge in [0.15, 0.2) is 5.82 Å². The van der Waals surface area contributed by atoms with Crippen molar-refractivity contribution in [1.29, 1.82) is 5.26 Å². The van der Waals surface area contributed by atoms with Crippen LogP contribution >= 0.6 is 0 Å². The van der Waals surface area contributed by atoms with Crippen LogP contribution in [0.2, 0.25) is 0 Å². The van der Waals surface area contributed by atoms with Crippen LogP contribution in [0.3, 0.4) is 0 Å². The summed E-state index contributed by atoms with van der Waals surface area (Å²) in [6, 6.07) is 11.9. The predicted octanol–water partition coefficient (Wildman–Crippen LogP) is 1.56. The van der Waals surface area contributed by atoms with Gasteiger partial charge < -0.3 is 9.80 Å². The van der Waals surface area contributed by atoms with Gasteiger partial charge in [0.05, 0.1) is 5.69 Å². The Kier molecular flexibility index (Phi) is 4.19. The summed E-state index contributed by atoms with van der Waals surface area (Å²) in [5, 5.41) is 18.4. The molecule has 3 aromatic rings. The average molecular weight is 346 g/mol. The summed E-state index contributed by atoms with van der Waals surface area (Å²) in [4.78, 5) is 14.3. The van der Waals surface area contributed by atoms with E-state index in [-0.39, 0.29) is 0 Å². The van der Waals surface area contributed by atoms with Crippen molar-refractivity contribution >= 4 is 11.8 Å². The highest BCUT2D eigenvalue weighted by molar-refractivity contribution is 5.51. The predicted molar refractivity (Wildman–Crippen MR) is 97.3 cm³/mol. The van der Waals surface area contributed by atoms with Gasteiger partial charge in [-0.2, -0.15) is 5.26 Å². The molecule has 0 aliphatic carbocycles. The maximum absolute atomic E-state index is 9.46. The smallest absolute Gasteiger partial charge is 0.225 e. The van der Waals surface area contributed by atoms with Crippen molar-refractivity contribution in [2.75, 3.05) is 36.0 Å². The summed E-state index contributed by atoms with van der Waals surface area (Å²) in [7, 11) is 0. The molecule has 0 atom stereocenters. The average Bonchev–Trinajstić information content (AvgIpc) is 3.14. The molecule has 4 rings (SSSR count). The van der Waals surface area contributed by atoms with Crippen LogP contribution in [0, 0.1) is 18.3 Å². The van der Waals surface area contributed by atoms with Crippen molar-refractivity contribution in [2.24, 2.45) is 0 Å². The first-order valence-electron chi connectivity index (χ1n) is 8.46.